The van der Waals surface area contributed by atoms with Crippen LogP contribution in [0, 0.1) is 0 Å². The van der Waals surface area contributed by atoms with Gasteiger partial charge in [-0.2, -0.15) is 0 Å². The lowest BCUT2D eigenvalue weighted by atomic mass is 10.1. The molecule has 4 nitrogen and oxygen atoms in total. The predicted molar refractivity (Wildman–Crippen MR) is 44.5 cm³/mol. The van der Waals surface area contributed by atoms with E-state index < -0.39 is 0 Å². The van der Waals surface area contributed by atoms with E-state index >= 15 is 0 Å². The van der Waals surface area contributed by atoms with E-state index in [4.69, 9.17) is 0 Å². The maximum atomic E-state index is 10.1. The molecule has 0 saturated heterocycles. The molecule has 0 spiro atoms. The molecule has 0 fully saturated rings. The van der Waals surface area contributed by atoms with Gasteiger partial charge in [0.15, 0.2) is 0 Å². The average Bonchev–Trinajstić information content (AvgIpc) is 2.04. The average molecular weight is 173 g/mol. The van der Waals surface area contributed by atoms with E-state index in [-0.39, 0.29) is 12.1 Å². The molecule has 0 heterocycles. The molecule has 0 saturated carbocycles. The fourth-order valence-corrected chi connectivity index (χ4v) is 1.000. The normalized spacial score (nSPS) is 14.5. The maximum absolute atomic E-state index is 10.1. The molecule has 0 radical (unpaired) electrons. The Morgan fingerprint density at radius 1 is 1.50 bits per heavy atom. The van der Waals surface area contributed by atoms with Crippen LogP contribution in [0.15, 0.2) is 0 Å². The van der Waals surface area contributed by atoms with Crippen LogP contribution >= 0.6 is 0 Å². The Kier molecular flexibility index (Phi) is 6.05. The smallest absolute Gasteiger partial charge is 0.293 e. The Balaban J connectivity index is 3.67. The van der Waals surface area contributed by atoms with Gasteiger partial charge in [0.1, 0.15) is 6.10 Å². The Hall–Kier alpha value is -1.06. The number of ether oxygens (including phenoxy) is 1. The summed E-state index contributed by atoms with van der Waals surface area (Å²) < 4.78 is 4.68. The highest BCUT2D eigenvalue weighted by molar-refractivity contribution is 5.46. The number of amides is 1. The van der Waals surface area contributed by atoms with Crippen molar-refractivity contribution >= 4 is 12.9 Å². The number of hydrogen-bond donors (Lipinski definition) is 1. The molecule has 0 aromatic rings. The highest BCUT2D eigenvalue weighted by atomic mass is 16.5. The Labute approximate surface area is 72.3 Å². The van der Waals surface area contributed by atoms with Gasteiger partial charge in [-0.05, 0) is 13.3 Å². The van der Waals surface area contributed by atoms with Crippen LogP contribution in [0.25, 0.3) is 0 Å². The molecule has 0 aromatic carbocycles. The van der Waals surface area contributed by atoms with E-state index in [9.17, 15) is 9.59 Å². The van der Waals surface area contributed by atoms with Gasteiger partial charge in [-0.15, -0.1) is 0 Å². The Morgan fingerprint density at radius 3 is 2.58 bits per heavy atom. The molecule has 0 aliphatic heterocycles. The van der Waals surface area contributed by atoms with Gasteiger partial charge in [-0.1, -0.05) is 6.92 Å². The van der Waals surface area contributed by atoms with Crippen molar-refractivity contribution in [3.8, 4) is 0 Å². The van der Waals surface area contributed by atoms with E-state index in [0.717, 1.165) is 6.42 Å². The molecule has 2 unspecified atom stereocenters. The minimum Gasteiger partial charge on any atom is -0.465 e. The van der Waals surface area contributed by atoms with Crippen LogP contribution in [0.3, 0.4) is 0 Å². The zero-order valence-electron chi connectivity index (χ0n) is 7.45. The molecule has 0 aliphatic rings. The van der Waals surface area contributed by atoms with Gasteiger partial charge in [-0.3, -0.25) is 9.59 Å². The van der Waals surface area contributed by atoms with Crippen LogP contribution in [0.5, 0.6) is 0 Å². The van der Waals surface area contributed by atoms with Crippen molar-refractivity contribution < 1.29 is 14.3 Å². The molecule has 0 rings (SSSR count). The molecule has 2 atom stereocenters. The summed E-state index contributed by atoms with van der Waals surface area (Å²) >= 11 is 0. The van der Waals surface area contributed by atoms with E-state index in [1.165, 1.54) is 0 Å². The van der Waals surface area contributed by atoms with E-state index in [1.807, 2.05) is 6.92 Å². The van der Waals surface area contributed by atoms with Crippen LogP contribution in [0.2, 0.25) is 0 Å². The molecule has 1 amide bonds. The summed E-state index contributed by atoms with van der Waals surface area (Å²) in [7, 11) is 0. The molecule has 4 heteroatoms. The summed E-state index contributed by atoms with van der Waals surface area (Å²) in [6, 6.07) is 0.0949. The summed E-state index contributed by atoms with van der Waals surface area (Å²) in [5, 5.41) is 2.65. The molecule has 0 bridgehead atoms. The number of hydrogen-bond acceptors (Lipinski definition) is 3. The maximum Gasteiger partial charge on any atom is 0.293 e. The van der Waals surface area contributed by atoms with Crippen LogP contribution in [0.4, 0.5) is 0 Å². The van der Waals surface area contributed by atoms with Gasteiger partial charge >= 0.3 is 0 Å². The second kappa shape index (κ2) is 6.64. The van der Waals surface area contributed by atoms with E-state index in [1.54, 1.807) is 6.92 Å². The first kappa shape index (κ1) is 10.9. The monoisotopic (exact) mass is 173 g/mol. The lowest BCUT2D eigenvalue weighted by Crippen LogP contribution is -2.31. The molecule has 0 aromatic heterocycles. The third kappa shape index (κ3) is 4.71. The minimum atomic E-state index is -0.139. The second-order valence-electron chi connectivity index (χ2n) is 2.67. The third-order valence-corrected chi connectivity index (χ3v) is 1.70. The molecule has 0 aliphatic carbocycles. The van der Waals surface area contributed by atoms with Gasteiger partial charge in [0.05, 0.1) is 0 Å². The topological polar surface area (TPSA) is 55.4 Å². The molecule has 12 heavy (non-hydrogen) atoms. The van der Waals surface area contributed by atoms with Crippen molar-refractivity contribution in [2.24, 2.45) is 0 Å². The van der Waals surface area contributed by atoms with Crippen LogP contribution in [0.1, 0.15) is 26.7 Å². The number of nitrogens with one attached hydrogen (secondary N) is 1. The fourth-order valence-electron chi connectivity index (χ4n) is 1.000. The third-order valence-electron chi connectivity index (χ3n) is 1.70. The fraction of sp³-hybridized carbons (Fsp3) is 0.750. The lowest BCUT2D eigenvalue weighted by Gasteiger charge is -2.17. The van der Waals surface area contributed by atoms with Crippen molar-refractivity contribution in [2.75, 3.05) is 0 Å². The largest absolute Gasteiger partial charge is 0.465 e. The summed E-state index contributed by atoms with van der Waals surface area (Å²) in [6.07, 6.45) is 2.03. The molecule has 1 N–H and O–H groups in total. The van der Waals surface area contributed by atoms with E-state index in [2.05, 4.69) is 10.1 Å². The van der Waals surface area contributed by atoms with Gasteiger partial charge in [-0.25, -0.2) is 0 Å². The number of rotatable bonds is 7. The summed E-state index contributed by atoms with van der Waals surface area (Å²) in [6.45, 7) is 4.19. The van der Waals surface area contributed by atoms with Gasteiger partial charge < -0.3 is 10.1 Å². The number of carbonyl (C=O) groups is 2. The zero-order valence-corrected chi connectivity index (χ0v) is 7.45. The molecular formula is C8H15NO3. The summed E-state index contributed by atoms with van der Waals surface area (Å²) in [5.74, 6) is 0. The first-order valence-electron chi connectivity index (χ1n) is 4.03. The van der Waals surface area contributed by atoms with Crippen LogP contribution in [-0.2, 0) is 14.3 Å². The van der Waals surface area contributed by atoms with Crippen molar-refractivity contribution in [3.63, 3.8) is 0 Å². The van der Waals surface area contributed by atoms with Gasteiger partial charge in [0.25, 0.3) is 6.47 Å². The quantitative estimate of drug-likeness (QED) is 0.569. The van der Waals surface area contributed by atoms with Crippen molar-refractivity contribution in [3.05, 3.63) is 0 Å². The first-order chi connectivity index (χ1) is 5.74. The van der Waals surface area contributed by atoms with Gasteiger partial charge in [0.2, 0.25) is 6.41 Å². The summed E-state index contributed by atoms with van der Waals surface area (Å²) in [4.78, 5) is 20.0. The standard InChI is InChI=1S/C8H15NO3/c1-3-8(9-5-10)4-7(2)12-6-11/h5-8H,3-4H2,1-2H3,(H,9,10). The lowest BCUT2D eigenvalue weighted by molar-refractivity contribution is -0.133. The van der Waals surface area contributed by atoms with E-state index in [0.29, 0.717) is 19.3 Å². The van der Waals surface area contributed by atoms with Gasteiger partial charge in [0, 0.05) is 12.5 Å². The minimum absolute atomic E-state index is 0.0949. The zero-order chi connectivity index (χ0) is 9.40. The molecule has 70 valence electrons. The summed E-state index contributed by atoms with van der Waals surface area (Å²) in [5.41, 5.74) is 0. The Bertz CT molecular complexity index is 138. The Morgan fingerprint density at radius 2 is 2.17 bits per heavy atom. The second-order valence-corrected chi connectivity index (χ2v) is 2.67. The molecular weight excluding hydrogens is 158 g/mol. The highest BCUT2D eigenvalue weighted by Gasteiger charge is 2.10. The van der Waals surface area contributed by atoms with Crippen LogP contribution in [-0.4, -0.2) is 25.0 Å². The SMILES string of the molecule is CCC(CC(C)OC=O)NC=O. The number of carbonyl (C=O) groups excluding carboxylic acids is 2. The van der Waals surface area contributed by atoms with Crippen LogP contribution < -0.4 is 5.32 Å². The predicted octanol–water partition coefficient (Wildman–Crippen LogP) is 0.463. The van der Waals surface area contributed by atoms with Crippen molar-refractivity contribution in [1.82, 2.24) is 5.32 Å². The highest BCUT2D eigenvalue weighted by Crippen LogP contribution is 2.03. The van der Waals surface area contributed by atoms with Crippen molar-refractivity contribution in [2.45, 2.75) is 38.8 Å². The first-order valence-corrected chi connectivity index (χ1v) is 4.03. The van der Waals surface area contributed by atoms with Crippen molar-refractivity contribution in [1.29, 1.82) is 0 Å².